The number of hydrogen-bond acceptors (Lipinski definition) is 2. The Morgan fingerprint density at radius 2 is 2.05 bits per heavy atom. The molecule has 3 nitrogen and oxygen atoms in total. The molecule has 1 N–H and O–H groups in total. The smallest absolute Gasteiger partial charge is 0.0534 e. The van der Waals surface area contributed by atoms with Crippen LogP contribution in [0.2, 0.25) is 0 Å². The van der Waals surface area contributed by atoms with E-state index in [1.165, 1.54) is 29.5 Å². The molecule has 0 saturated heterocycles. The molecule has 0 unspecified atom stereocenters. The van der Waals surface area contributed by atoms with Gasteiger partial charge in [-0.15, -0.1) is 0 Å². The quantitative estimate of drug-likeness (QED) is 0.804. The Bertz CT molecular complexity index is 523. The second-order valence-corrected chi connectivity index (χ2v) is 5.47. The lowest BCUT2D eigenvalue weighted by Gasteiger charge is -2.06. The van der Waals surface area contributed by atoms with Crippen molar-refractivity contribution >= 4 is 0 Å². The van der Waals surface area contributed by atoms with Crippen LogP contribution in [0.3, 0.4) is 0 Å². The van der Waals surface area contributed by atoms with Crippen LogP contribution < -0.4 is 5.32 Å². The van der Waals surface area contributed by atoms with E-state index in [1.54, 1.807) is 0 Å². The van der Waals surface area contributed by atoms with E-state index in [9.17, 15) is 0 Å². The minimum absolute atomic E-state index is 0.852. The van der Waals surface area contributed by atoms with Crippen LogP contribution in [0, 0.1) is 6.92 Å². The van der Waals surface area contributed by atoms with Crippen LogP contribution in [0.25, 0.3) is 0 Å². The normalized spacial score (nSPS) is 14.8. The molecular formula is C16H21N3. The first-order valence-electron chi connectivity index (χ1n) is 7.10. The Kier molecular flexibility index (Phi) is 3.65. The summed E-state index contributed by atoms with van der Waals surface area (Å²) in [7, 11) is 0. The summed E-state index contributed by atoms with van der Waals surface area (Å²) in [4.78, 5) is 0. The SMILES string of the molecule is Cc1cnn(CCNCc2ccc(C3CC3)cc2)c1. The molecule has 0 radical (unpaired) electrons. The lowest BCUT2D eigenvalue weighted by molar-refractivity contribution is 0.554. The average molecular weight is 255 g/mol. The van der Waals surface area contributed by atoms with Gasteiger partial charge in [0.1, 0.15) is 0 Å². The fourth-order valence-electron chi connectivity index (χ4n) is 2.34. The summed E-state index contributed by atoms with van der Waals surface area (Å²) in [5.41, 5.74) is 4.09. The van der Waals surface area contributed by atoms with Crippen molar-refractivity contribution in [1.29, 1.82) is 0 Å². The molecule has 2 aromatic rings. The highest BCUT2D eigenvalue weighted by Gasteiger charge is 2.22. The molecule has 3 heteroatoms. The molecule has 100 valence electrons. The van der Waals surface area contributed by atoms with Gasteiger partial charge < -0.3 is 5.32 Å². The highest BCUT2D eigenvalue weighted by Crippen LogP contribution is 2.39. The molecule has 1 fully saturated rings. The maximum Gasteiger partial charge on any atom is 0.0534 e. The molecule has 0 amide bonds. The molecule has 0 bridgehead atoms. The lowest BCUT2D eigenvalue weighted by atomic mass is 10.1. The zero-order chi connectivity index (χ0) is 13.1. The predicted molar refractivity (Wildman–Crippen MR) is 77.1 cm³/mol. The van der Waals surface area contributed by atoms with Crippen molar-refractivity contribution in [2.24, 2.45) is 0 Å². The van der Waals surface area contributed by atoms with Crippen molar-refractivity contribution in [2.75, 3.05) is 6.54 Å². The zero-order valence-electron chi connectivity index (χ0n) is 11.5. The third-order valence-corrected chi connectivity index (χ3v) is 3.64. The van der Waals surface area contributed by atoms with Crippen LogP contribution in [0.5, 0.6) is 0 Å². The van der Waals surface area contributed by atoms with Crippen LogP contribution in [-0.4, -0.2) is 16.3 Å². The van der Waals surface area contributed by atoms with E-state index in [2.05, 4.69) is 47.8 Å². The van der Waals surface area contributed by atoms with Crippen molar-refractivity contribution in [3.8, 4) is 0 Å². The van der Waals surface area contributed by atoms with Gasteiger partial charge in [0.05, 0.1) is 12.7 Å². The predicted octanol–water partition coefficient (Wildman–Crippen LogP) is 2.86. The molecule has 1 saturated carbocycles. The van der Waals surface area contributed by atoms with Crippen LogP contribution in [0.15, 0.2) is 36.7 Å². The first kappa shape index (κ1) is 12.4. The minimum Gasteiger partial charge on any atom is -0.311 e. The Morgan fingerprint density at radius 3 is 2.68 bits per heavy atom. The van der Waals surface area contributed by atoms with Gasteiger partial charge >= 0.3 is 0 Å². The van der Waals surface area contributed by atoms with E-state index in [0.29, 0.717) is 0 Å². The fraction of sp³-hybridized carbons (Fsp3) is 0.438. The van der Waals surface area contributed by atoms with E-state index in [0.717, 1.165) is 25.6 Å². The zero-order valence-corrected chi connectivity index (χ0v) is 11.5. The standard InChI is InChI=1S/C16H21N3/c1-13-10-18-19(12-13)9-8-17-11-14-2-4-15(5-3-14)16-6-7-16/h2-5,10,12,16-17H,6-9,11H2,1H3. The van der Waals surface area contributed by atoms with Gasteiger partial charge in [-0.1, -0.05) is 24.3 Å². The van der Waals surface area contributed by atoms with Gasteiger partial charge in [0.25, 0.3) is 0 Å². The topological polar surface area (TPSA) is 29.9 Å². The number of nitrogens with one attached hydrogen (secondary N) is 1. The van der Waals surface area contributed by atoms with Crippen molar-refractivity contribution in [1.82, 2.24) is 15.1 Å². The van der Waals surface area contributed by atoms with Crippen LogP contribution in [0.1, 0.15) is 35.4 Å². The summed E-state index contributed by atoms with van der Waals surface area (Å²) in [6.07, 6.45) is 6.73. The maximum absolute atomic E-state index is 4.27. The van der Waals surface area contributed by atoms with Gasteiger partial charge in [0, 0.05) is 19.3 Å². The summed E-state index contributed by atoms with van der Waals surface area (Å²) in [6, 6.07) is 9.06. The molecule has 1 heterocycles. The summed E-state index contributed by atoms with van der Waals surface area (Å²) in [5, 5.41) is 7.74. The number of hydrogen-bond donors (Lipinski definition) is 1. The van der Waals surface area contributed by atoms with E-state index in [-0.39, 0.29) is 0 Å². The van der Waals surface area contributed by atoms with Gasteiger partial charge in [-0.05, 0) is 42.4 Å². The summed E-state index contributed by atoms with van der Waals surface area (Å²) in [6.45, 7) is 4.88. The molecule has 1 aliphatic carbocycles. The van der Waals surface area contributed by atoms with Crippen LogP contribution in [0.4, 0.5) is 0 Å². The van der Waals surface area contributed by atoms with E-state index < -0.39 is 0 Å². The molecule has 1 aromatic carbocycles. The summed E-state index contributed by atoms with van der Waals surface area (Å²) in [5.74, 6) is 0.852. The molecule has 19 heavy (non-hydrogen) atoms. The number of rotatable bonds is 6. The fourth-order valence-corrected chi connectivity index (χ4v) is 2.34. The van der Waals surface area contributed by atoms with Crippen LogP contribution in [-0.2, 0) is 13.1 Å². The third kappa shape index (κ3) is 3.44. The van der Waals surface area contributed by atoms with Crippen molar-refractivity contribution in [2.45, 2.75) is 38.8 Å². The van der Waals surface area contributed by atoms with Crippen LogP contribution >= 0.6 is 0 Å². The molecule has 0 spiro atoms. The number of aromatic nitrogens is 2. The Balaban J connectivity index is 1.41. The molecule has 3 rings (SSSR count). The summed E-state index contributed by atoms with van der Waals surface area (Å²) < 4.78 is 1.98. The van der Waals surface area contributed by atoms with Gasteiger partial charge in [-0.25, -0.2) is 0 Å². The largest absolute Gasteiger partial charge is 0.311 e. The third-order valence-electron chi connectivity index (χ3n) is 3.64. The van der Waals surface area contributed by atoms with Crippen molar-refractivity contribution in [3.05, 3.63) is 53.3 Å². The first-order chi connectivity index (χ1) is 9.31. The molecule has 1 aliphatic rings. The van der Waals surface area contributed by atoms with E-state index >= 15 is 0 Å². The molecule has 0 atom stereocenters. The van der Waals surface area contributed by atoms with Crippen molar-refractivity contribution < 1.29 is 0 Å². The summed E-state index contributed by atoms with van der Waals surface area (Å²) >= 11 is 0. The number of benzene rings is 1. The molecule has 0 aliphatic heterocycles. The highest BCUT2D eigenvalue weighted by molar-refractivity contribution is 5.27. The minimum atomic E-state index is 0.852. The maximum atomic E-state index is 4.27. The van der Waals surface area contributed by atoms with Gasteiger partial charge in [0.2, 0.25) is 0 Å². The Labute approximate surface area is 114 Å². The molecular weight excluding hydrogens is 234 g/mol. The Hall–Kier alpha value is -1.61. The lowest BCUT2D eigenvalue weighted by Crippen LogP contribution is -2.19. The number of nitrogens with zero attached hydrogens (tertiary/aromatic N) is 2. The first-order valence-corrected chi connectivity index (χ1v) is 7.10. The second kappa shape index (κ2) is 5.57. The van der Waals surface area contributed by atoms with E-state index in [1.807, 2.05) is 10.9 Å². The van der Waals surface area contributed by atoms with E-state index in [4.69, 9.17) is 0 Å². The highest BCUT2D eigenvalue weighted by atomic mass is 15.3. The Morgan fingerprint density at radius 1 is 1.26 bits per heavy atom. The van der Waals surface area contributed by atoms with Gasteiger partial charge in [-0.3, -0.25) is 4.68 Å². The average Bonchev–Trinajstić information content (AvgIpc) is 3.19. The monoisotopic (exact) mass is 255 g/mol. The van der Waals surface area contributed by atoms with Gasteiger partial charge in [-0.2, -0.15) is 5.10 Å². The van der Waals surface area contributed by atoms with Gasteiger partial charge in [0.15, 0.2) is 0 Å². The molecule has 1 aromatic heterocycles. The second-order valence-electron chi connectivity index (χ2n) is 5.47. The van der Waals surface area contributed by atoms with Crippen molar-refractivity contribution in [3.63, 3.8) is 0 Å². The number of aryl methyl sites for hydroxylation is 1.